The van der Waals surface area contributed by atoms with E-state index in [1.54, 1.807) is 0 Å². The van der Waals surface area contributed by atoms with Crippen LogP contribution in [0.25, 0.3) is 0 Å². The maximum atomic E-state index is 13.9. The largest absolute Gasteiger partial charge is 0.478 e. The van der Waals surface area contributed by atoms with E-state index in [1.807, 2.05) is 32.0 Å². The van der Waals surface area contributed by atoms with Crippen LogP contribution in [0.2, 0.25) is 0 Å². The highest BCUT2D eigenvalue weighted by atomic mass is 32.2. The topological polar surface area (TPSA) is 63.3 Å². The molecule has 20 heavy (non-hydrogen) atoms. The minimum Gasteiger partial charge on any atom is -0.478 e. The lowest BCUT2D eigenvalue weighted by Crippen LogP contribution is -2.03. The lowest BCUT2D eigenvalue weighted by molar-refractivity contribution is 0.0697. The zero-order valence-electron chi connectivity index (χ0n) is 11.1. The normalized spacial score (nSPS) is 10.6. The van der Waals surface area contributed by atoms with Crippen LogP contribution in [0.3, 0.4) is 0 Å². The van der Waals surface area contributed by atoms with Gasteiger partial charge in [0.15, 0.2) is 0 Å². The summed E-state index contributed by atoms with van der Waals surface area (Å²) in [6, 6.07) is 8.15. The summed E-state index contributed by atoms with van der Waals surface area (Å²) in [6.45, 7) is 3.91. The van der Waals surface area contributed by atoms with Crippen molar-refractivity contribution in [3.63, 3.8) is 0 Å². The van der Waals surface area contributed by atoms with Gasteiger partial charge in [-0.05, 0) is 37.6 Å². The van der Waals surface area contributed by atoms with Crippen LogP contribution in [0.15, 0.2) is 40.1 Å². The molecule has 2 aromatic rings. The molecule has 0 unspecified atom stereocenters. The first-order valence-electron chi connectivity index (χ1n) is 5.96. The van der Waals surface area contributed by atoms with E-state index < -0.39 is 11.8 Å². The maximum absolute atomic E-state index is 13.9. The number of carbonyl (C=O) groups is 1. The van der Waals surface area contributed by atoms with Crippen molar-refractivity contribution in [3.05, 3.63) is 52.8 Å². The zero-order chi connectivity index (χ0) is 14.9. The number of carboxylic acids is 1. The minimum absolute atomic E-state index is 0.0695. The van der Waals surface area contributed by atoms with Gasteiger partial charge >= 0.3 is 5.97 Å². The number of aromatic carboxylic acids is 1. The summed E-state index contributed by atoms with van der Waals surface area (Å²) in [4.78, 5) is 12.2. The van der Waals surface area contributed by atoms with Gasteiger partial charge in [0.2, 0.25) is 0 Å². The van der Waals surface area contributed by atoms with Crippen LogP contribution in [-0.4, -0.2) is 11.1 Å². The molecule has 0 spiro atoms. The molecule has 0 aromatic heterocycles. The Kier molecular flexibility index (Phi) is 3.99. The van der Waals surface area contributed by atoms with E-state index >= 15 is 0 Å². The molecule has 0 amide bonds. The van der Waals surface area contributed by atoms with Crippen molar-refractivity contribution in [3.8, 4) is 0 Å². The van der Waals surface area contributed by atoms with Gasteiger partial charge in [0, 0.05) is 15.5 Å². The molecule has 0 radical (unpaired) electrons. The molecule has 0 fully saturated rings. The fourth-order valence-electron chi connectivity index (χ4n) is 1.86. The van der Waals surface area contributed by atoms with Crippen molar-refractivity contribution in [1.29, 1.82) is 0 Å². The van der Waals surface area contributed by atoms with Gasteiger partial charge in [0.1, 0.15) is 5.82 Å². The van der Waals surface area contributed by atoms with Crippen molar-refractivity contribution in [2.45, 2.75) is 23.6 Å². The van der Waals surface area contributed by atoms with Crippen LogP contribution in [0.5, 0.6) is 0 Å². The van der Waals surface area contributed by atoms with Gasteiger partial charge in [-0.3, -0.25) is 0 Å². The third-order valence-corrected chi connectivity index (χ3v) is 4.10. The number of hydrogen-bond donors (Lipinski definition) is 2. The quantitative estimate of drug-likeness (QED) is 0.842. The van der Waals surface area contributed by atoms with E-state index in [1.165, 1.54) is 17.8 Å². The van der Waals surface area contributed by atoms with Gasteiger partial charge < -0.3 is 10.8 Å². The zero-order valence-corrected chi connectivity index (χ0v) is 11.9. The first-order chi connectivity index (χ1) is 9.38. The van der Waals surface area contributed by atoms with Crippen molar-refractivity contribution < 1.29 is 14.3 Å². The summed E-state index contributed by atoms with van der Waals surface area (Å²) >= 11 is 1.20. The minimum atomic E-state index is -1.16. The highest BCUT2D eigenvalue weighted by molar-refractivity contribution is 7.99. The standard InChI is InChI=1S/C15H14FNO2S/c1-8-3-4-13(9(2)5-8)20-14-6-10(15(18)19)12(17)7-11(14)16/h3-7H,17H2,1-2H3,(H,18,19). The molecular formula is C15H14FNO2S. The van der Waals surface area contributed by atoms with Crippen LogP contribution < -0.4 is 5.73 Å². The number of halogens is 1. The highest BCUT2D eigenvalue weighted by Gasteiger charge is 2.14. The highest BCUT2D eigenvalue weighted by Crippen LogP contribution is 2.34. The fourth-order valence-corrected chi connectivity index (χ4v) is 2.79. The monoisotopic (exact) mass is 291 g/mol. The lowest BCUT2D eigenvalue weighted by Gasteiger charge is -2.09. The second-order valence-corrected chi connectivity index (χ2v) is 5.63. The summed E-state index contributed by atoms with van der Waals surface area (Å²) < 4.78 is 13.9. The average Bonchev–Trinajstić information content (AvgIpc) is 2.35. The molecular weight excluding hydrogens is 277 g/mol. The van der Waals surface area contributed by atoms with Gasteiger partial charge in [0.05, 0.1) is 5.56 Å². The molecule has 0 aliphatic heterocycles. The van der Waals surface area contributed by atoms with Crippen LogP contribution in [0.4, 0.5) is 10.1 Å². The van der Waals surface area contributed by atoms with E-state index in [2.05, 4.69) is 0 Å². The SMILES string of the molecule is Cc1ccc(Sc2cc(C(=O)O)c(N)cc2F)c(C)c1. The van der Waals surface area contributed by atoms with E-state index in [0.29, 0.717) is 0 Å². The van der Waals surface area contributed by atoms with Crippen LogP contribution in [-0.2, 0) is 0 Å². The Balaban J connectivity index is 2.43. The molecule has 0 heterocycles. The molecule has 0 aliphatic carbocycles. The second-order valence-electron chi connectivity index (χ2n) is 4.55. The number of hydrogen-bond acceptors (Lipinski definition) is 3. The fraction of sp³-hybridized carbons (Fsp3) is 0.133. The van der Waals surface area contributed by atoms with Crippen molar-refractivity contribution in [2.24, 2.45) is 0 Å². The Morgan fingerprint density at radius 3 is 2.50 bits per heavy atom. The Hall–Kier alpha value is -2.01. The average molecular weight is 291 g/mol. The van der Waals surface area contributed by atoms with Gasteiger partial charge in [-0.25, -0.2) is 9.18 Å². The number of aryl methyl sites for hydroxylation is 2. The number of rotatable bonds is 3. The predicted octanol–water partition coefficient (Wildman–Crippen LogP) is 3.87. The molecule has 104 valence electrons. The Morgan fingerprint density at radius 2 is 1.90 bits per heavy atom. The molecule has 0 saturated carbocycles. The number of nitrogen functional groups attached to an aromatic ring is 1. The predicted molar refractivity (Wildman–Crippen MR) is 77.8 cm³/mol. The Morgan fingerprint density at radius 1 is 1.20 bits per heavy atom. The molecule has 3 N–H and O–H groups in total. The van der Waals surface area contributed by atoms with Gasteiger partial charge in [-0.1, -0.05) is 29.5 Å². The third-order valence-electron chi connectivity index (χ3n) is 2.88. The molecule has 0 saturated heterocycles. The first-order valence-corrected chi connectivity index (χ1v) is 6.77. The summed E-state index contributed by atoms with van der Waals surface area (Å²) in [5, 5.41) is 9.03. The van der Waals surface area contributed by atoms with Gasteiger partial charge in [0.25, 0.3) is 0 Å². The smallest absolute Gasteiger partial charge is 0.337 e. The van der Waals surface area contributed by atoms with E-state index in [4.69, 9.17) is 10.8 Å². The first kappa shape index (κ1) is 14.4. The lowest BCUT2D eigenvalue weighted by atomic mass is 10.2. The molecule has 0 bridgehead atoms. The number of benzene rings is 2. The van der Waals surface area contributed by atoms with Crippen molar-refractivity contribution in [2.75, 3.05) is 5.73 Å². The number of anilines is 1. The molecule has 2 rings (SSSR count). The van der Waals surface area contributed by atoms with Crippen LogP contribution >= 0.6 is 11.8 Å². The molecule has 5 heteroatoms. The Labute approximate surface area is 120 Å². The van der Waals surface area contributed by atoms with E-state index in [0.717, 1.165) is 22.1 Å². The summed E-state index contributed by atoms with van der Waals surface area (Å²) in [7, 11) is 0. The number of carboxylic acid groups (broad SMARTS) is 1. The van der Waals surface area contributed by atoms with Crippen molar-refractivity contribution in [1.82, 2.24) is 0 Å². The summed E-state index contributed by atoms with van der Waals surface area (Å²) in [6.07, 6.45) is 0. The summed E-state index contributed by atoms with van der Waals surface area (Å²) in [5.74, 6) is -1.68. The van der Waals surface area contributed by atoms with Gasteiger partial charge in [-0.2, -0.15) is 0 Å². The second kappa shape index (κ2) is 5.54. The molecule has 0 aliphatic rings. The molecule has 2 aromatic carbocycles. The molecule has 3 nitrogen and oxygen atoms in total. The third kappa shape index (κ3) is 2.93. The van der Waals surface area contributed by atoms with E-state index in [9.17, 15) is 9.18 Å². The van der Waals surface area contributed by atoms with E-state index in [-0.39, 0.29) is 16.1 Å². The number of nitrogens with two attached hydrogens (primary N) is 1. The van der Waals surface area contributed by atoms with Crippen LogP contribution in [0.1, 0.15) is 21.5 Å². The van der Waals surface area contributed by atoms with Crippen LogP contribution in [0, 0.1) is 19.7 Å². The molecule has 0 atom stereocenters. The summed E-state index contributed by atoms with van der Waals surface area (Å²) in [5.41, 5.74) is 7.49. The van der Waals surface area contributed by atoms with Crippen molar-refractivity contribution >= 4 is 23.4 Å². The Bertz CT molecular complexity index is 686. The van der Waals surface area contributed by atoms with Gasteiger partial charge in [-0.15, -0.1) is 0 Å². The maximum Gasteiger partial charge on any atom is 0.337 e.